The molecule has 0 atom stereocenters. The molecule has 1 aromatic carbocycles. The molecule has 3 N–H and O–H groups in total. The number of anilines is 1. The Bertz CT molecular complexity index is 1330. The molecule has 2 aliphatic rings. The van der Waals surface area contributed by atoms with Gasteiger partial charge >= 0.3 is 0 Å². The molecule has 5 rings (SSSR count). The first kappa shape index (κ1) is 27.9. The zero-order chi connectivity index (χ0) is 27.2. The number of sulfonamides is 1. The summed E-state index contributed by atoms with van der Waals surface area (Å²) in [6, 6.07) is 7.04. The smallest absolute Gasteiger partial charge is 0.240 e. The first-order valence-electron chi connectivity index (χ1n) is 14.4. The van der Waals surface area contributed by atoms with Gasteiger partial charge in [0.2, 0.25) is 16.0 Å². The molecule has 1 saturated carbocycles. The average Bonchev–Trinajstić information content (AvgIpc) is 3.60. The Morgan fingerprint density at radius 2 is 1.77 bits per heavy atom. The summed E-state index contributed by atoms with van der Waals surface area (Å²) < 4.78 is 30.5. The molecule has 0 spiro atoms. The number of unbranched alkanes of at least 4 members (excludes halogenated alkanes) is 1. The van der Waals surface area contributed by atoms with E-state index in [1.54, 1.807) is 18.3 Å². The number of nitrogens with one attached hydrogen (secondary N) is 2. The fourth-order valence-corrected chi connectivity index (χ4v) is 6.62. The van der Waals surface area contributed by atoms with Crippen molar-refractivity contribution in [3.05, 3.63) is 30.5 Å². The van der Waals surface area contributed by atoms with E-state index in [4.69, 9.17) is 10.1 Å². The van der Waals surface area contributed by atoms with Crippen LogP contribution in [-0.4, -0.2) is 77.0 Å². The Morgan fingerprint density at radius 1 is 1.03 bits per heavy atom. The van der Waals surface area contributed by atoms with E-state index in [9.17, 15) is 13.5 Å². The van der Waals surface area contributed by atoms with Crippen LogP contribution in [0.4, 0.5) is 5.95 Å². The monoisotopic (exact) mass is 555 g/mol. The molecule has 3 aromatic rings. The van der Waals surface area contributed by atoms with Crippen molar-refractivity contribution in [2.24, 2.45) is 0 Å². The fraction of sp³-hybridized carbons (Fsp3) is 0.607. The van der Waals surface area contributed by atoms with Crippen LogP contribution in [0, 0.1) is 0 Å². The third-order valence-electron chi connectivity index (χ3n) is 7.85. The highest BCUT2D eigenvalue weighted by Crippen LogP contribution is 2.34. The number of hydrogen-bond donors (Lipinski definition) is 3. The normalized spacial score (nSPS) is 20.6. The van der Waals surface area contributed by atoms with Crippen molar-refractivity contribution in [3.63, 3.8) is 0 Å². The van der Waals surface area contributed by atoms with Gasteiger partial charge in [0.25, 0.3) is 0 Å². The van der Waals surface area contributed by atoms with E-state index in [-0.39, 0.29) is 17.0 Å². The third-order valence-corrected chi connectivity index (χ3v) is 9.33. The molecule has 10 nitrogen and oxygen atoms in total. The minimum Gasteiger partial charge on any atom is -0.393 e. The molecule has 1 aliphatic carbocycles. The second kappa shape index (κ2) is 12.7. The van der Waals surface area contributed by atoms with Gasteiger partial charge in [-0.2, -0.15) is 10.1 Å². The minimum atomic E-state index is -3.58. The third kappa shape index (κ3) is 6.77. The zero-order valence-electron chi connectivity index (χ0n) is 22.8. The summed E-state index contributed by atoms with van der Waals surface area (Å²) in [5.41, 5.74) is 2.31. The number of nitrogens with zero attached hydrogens (tertiary/aromatic N) is 5. The fourth-order valence-electron chi connectivity index (χ4n) is 5.55. The van der Waals surface area contributed by atoms with Crippen LogP contribution in [0.15, 0.2) is 35.4 Å². The van der Waals surface area contributed by atoms with Crippen LogP contribution in [0.3, 0.4) is 0 Å². The van der Waals surface area contributed by atoms with E-state index in [0.29, 0.717) is 12.5 Å². The van der Waals surface area contributed by atoms with Crippen LogP contribution in [0.1, 0.15) is 70.8 Å². The molecule has 212 valence electrons. The van der Waals surface area contributed by atoms with Crippen LogP contribution in [0.25, 0.3) is 22.3 Å². The SMILES string of the molecule is CCCCNc1ncc2c(-c3ccc(S(=O)(=O)NCCCN4CCCC4)cc3)nn([C@H]3CC[C@H](O)CC3)c2n1. The predicted octanol–water partition coefficient (Wildman–Crippen LogP) is 3.95. The van der Waals surface area contributed by atoms with E-state index in [1.165, 1.54) is 12.8 Å². The van der Waals surface area contributed by atoms with E-state index >= 15 is 0 Å². The van der Waals surface area contributed by atoms with Gasteiger partial charge in [0.1, 0.15) is 5.69 Å². The van der Waals surface area contributed by atoms with Gasteiger partial charge in [0.15, 0.2) is 5.65 Å². The molecule has 0 unspecified atom stereocenters. The van der Waals surface area contributed by atoms with Gasteiger partial charge in [-0.05, 0) is 83.1 Å². The quantitative estimate of drug-likeness (QED) is 0.287. The number of hydrogen-bond acceptors (Lipinski definition) is 8. The summed E-state index contributed by atoms with van der Waals surface area (Å²) in [5, 5.41) is 19.1. The summed E-state index contributed by atoms with van der Waals surface area (Å²) in [7, 11) is -3.58. The van der Waals surface area contributed by atoms with E-state index in [1.807, 2.05) is 16.8 Å². The number of aliphatic hydroxyl groups excluding tert-OH is 1. The minimum absolute atomic E-state index is 0.146. The molecule has 0 amide bonds. The standard InChI is InChI=1S/C28H41N7O3S/c1-2-3-15-29-28-30-20-25-26(33-35(27(25)32-28)22-9-11-23(36)12-10-22)21-7-13-24(14-8-21)39(37,38)31-16-6-19-34-17-4-5-18-34/h7-8,13-14,20,22-23,31,36H,2-6,9-12,15-19H2,1H3,(H,29,30,32)/t22-,23-. The molecule has 39 heavy (non-hydrogen) atoms. The number of likely N-dealkylation sites (tertiary alicyclic amines) is 1. The first-order chi connectivity index (χ1) is 18.9. The lowest BCUT2D eigenvalue weighted by Crippen LogP contribution is -2.28. The Labute approximate surface area is 231 Å². The maximum Gasteiger partial charge on any atom is 0.240 e. The predicted molar refractivity (Wildman–Crippen MR) is 153 cm³/mol. The van der Waals surface area contributed by atoms with E-state index in [0.717, 1.165) is 93.4 Å². The molecular weight excluding hydrogens is 514 g/mol. The Balaban J connectivity index is 1.35. The number of rotatable bonds is 12. The van der Waals surface area contributed by atoms with Crippen LogP contribution in [-0.2, 0) is 10.0 Å². The van der Waals surface area contributed by atoms with Crippen molar-refractivity contribution >= 4 is 27.0 Å². The second-order valence-electron chi connectivity index (χ2n) is 10.8. The topological polar surface area (TPSA) is 125 Å². The molecule has 1 saturated heterocycles. The lowest BCUT2D eigenvalue weighted by atomic mass is 9.93. The highest BCUT2D eigenvalue weighted by molar-refractivity contribution is 7.89. The molecule has 1 aliphatic heterocycles. The summed E-state index contributed by atoms with van der Waals surface area (Å²) in [4.78, 5) is 12.0. The first-order valence-corrected chi connectivity index (χ1v) is 15.9. The number of fused-ring (bicyclic) bond motifs is 1. The molecule has 0 bridgehead atoms. The second-order valence-corrected chi connectivity index (χ2v) is 12.6. The van der Waals surface area contributed by atoms with Crippen molar-refractivity contribution in [1.29, 1.82) is 0 Å². The van der Waals surface area contributed by atoms with Gasteiger partial charge in [-0.25, -0.2) is 22.8 Å². The van der Waals surface area contributed by atoms with E-state index < -0.39 is 10.0 Å². The molecule has 11 heteroatoms. The Morgan fingerprint density at radius 3 is 2.49 bits per heavy atom. The Hall–Kier alpha value is -2.60. The number of aliphatic hydroxyl groups is 1. The largest absolute Gasteiger partial charge is 0.393 e. The highest BCUT2D eigenvalue weighted by Gasteiger charge is 2.26. The van der Waals surface area contributed by atoms with Gasteiger partial charge in [0.05, 0.1) is 22.4 Å². The molecular formula is C28H41N7O3S. The van der Waals surface area contributed by atoms with Crippen LogP contribution < -0.4 is 10.0 Å². The van der Waals surface area contributed by atoms with Gasteiger partial charge in [0, 0.05) is 24.8 Å². The van der Waals surface area contributed by atoms with Gasteiger partial charge in [-0.15, -0.1) is 0 Å². The van der Waals surface area contributed by atoms with Crippen molar-refractivity contribution in [2.45, 2.75) is 81.8 Å². The molecule has 2 aromatic heterocycles. The summed E-state index contributed by atoms with van der Waals surface area (Å²) in [6.07, 6.45) is 10.1. The number of benzene rings is 1. The van der Waals surface area contributed by atoms with E-state index in [2.05, 4.69) is 26.8 Å². The zero-order valence-corrected chi connectivity index (χ0v) is 23.7. The Kier molecular flexibility index (Phi) is 9.11. The van der Waals surface area contributed by atoms with Crippen LogP contribution >= 0.6 is 0 Å². The summed E-state index contributed by atoms with van der Waals surface area (Å²) in [6.45, 7) is 6.53. The maximum atomic E-state index is 12.9. The lowest BCUT2D eigenvalue weighted by molar-refractivity contribution is 0.109. The van der Waals surface area contributed by atoms with Crippen LogP contribution in [0.2, 0.25) is 0 Å². The summed E-state index contributed by atoms with van der Waals surface area (Å²) in [5.74, 6) is 0.580. The molecule has 2 fully saturated rings. The van der Waals surface area contributed by atoms with Crippen molar-refractivity contribution < 1.29 is 13.5 Å². The summed E-state index contributed by atoms with van der Waals surface area (Å²) >= 11 is 0. The highest BCUT2D eigenvalue weighted by atomic mass is 32.2. The molecule has 3 heterocycles. The maximum absolute atomic E-state index is 12.9. The van der Waals surface area contributed by atoms with Crippen molar-refractivity contribution in [1.82, 2.24) is 29.4 Å². The van der Waals surface area contributed by atoms with Crippen molar-refractivity contribution in [3.8, 4) is 11.3 Å². The number of aromatic nitrogens is 4. The lowest BCUT2D eigenvalue weighted by Gasteiger charge is -2.25. The molecule has 0 radical (unpaired) electrons. The van der Waals surface area contributed by atoms with Gasteiger partial charge in [-0.1, -0.05) is 25.5 Å². The average molecular weight is 556 g/mol. The van der Waals surface area contributed by atoms with Gasteiger partial charge in [-0.3, -0.25) is 0 Å². The van der Waals surface area contributed by atoms with Crippen LogP contribution in [0.5, 0.6) is 0 Å². The van der Waals surface area contributed by atoms with Gasteiger partial charge < -0.3 is 15.3 Å². The van der Waals surface area contributed by atoms with Crippen molar-refractivity contribution in [2.75, 3.05) is 38.0 Å².